The fourth-order valence-corrected chi connectivity index (χ4v) is 6.57. The standard InChI is InChI=1S/C35H33F2N3O5/c1-20-26-12-13-38-30(26)16-29(37)33(20)45-25-9-10-28(36)27(15-25)34-39-31(18-40(34)23-6-3-7-23)35(17-24(41)19-44-35)22-5-2-4-21(14-22)8-11-32(42)43/h2,4-5,9-10,12-16,18,23-24,38,41H,3,6-8,11,17,19H2,1H3,(H,42,43)/p+1/t24-,35-/m1/s1. The average molecular weight is 615 g/mol. The van der Waals surface area contributed by atoms with E-state index in [1.54, 1.807) is 19.2 Å². The third kappa shape index (κ3) is 5.27. The van der Waals surface area contributed by atoms with Crippen LogP contribution >= 0.6 is 0 Å². The second kappa shape index (κ2) is 11.4. The molecule has 232 valence electrons. The third-order valence-corrected chi connectivity index (χ3v) is 9.17. The summed E-state index contributed by atoms with van der Waals surface area (Å²) in [4.78, 5) is 17.7. The topological polar surface area (TPSA) is 111 Å². The van der Waals surface area contributed by atoms with Crippen LogP contribution in [-0.2, 0) is 21.6 Å². The second-order valence-electron chi connectivity index (χ2n) is 12.1. The zero-order valence-electron chi connectivity index (χ0n) is 24.8. The van der Waals surface area contributed by atoms with Gasteiger partial charge >= 0.3 is 5.97 Å². The van der Waals surface area contributed by atoms with Crippen LogP contribution in [0.25, 0.3) is 22.3 Å². The molecule has 3 heterocycles. The van der Waals surface area contributed by atoms with E-state index in [0.717, 1.165) is 35.8 Å². The van der Waals surface area contributed by atoms with Crippen molar-refractivity contribution in [2.75, 3.05) is 6.61 Å². The predicted octanol–water partition coefficient (Wildman–Crippen LogP) is 6.60. The molecule has 2 aromatic heterocycles. The number of halogens is 2. The number of ether oxygens (including phenoxy) is 2. The lowest BCUT2D eigenvalue weighted by Crippen LogP contribution is -2.43. The van der Waals surface area contributed by atoms with E-state index >= 15 is 8.78 Å². The van der Waals surface area contributed by atoms with Gasteiger partial charge in [0.05, 0.1) is 12.7 Å². The van der Waals surface area contributed by atoms with E-state index in [1.165, 1.54) is 18.2 Å². The first-order valence-corrected chi connectivity index (χ1v) is 15.2. The highest BCUT2D eigenvalue weighted by Gasteiger charge is 2.48. The highest BCUT2D eigenvalue weighted by molar-refractivity contribution is 5.85. The zero-order chi connectivity index (χ0) is 31.3. The SMILES string of the molecule is Cc1c(Oc2ccc(F)c(-c3[nH]c([C@]4(c5cccc(CCC(=O)O)c5)C[C@@H](O)CO4)c[n+]3C3CCC3)c2)c(F)cc2[nH]ccc12. The first kappa shape index (κ1) is 29.2. The van der Waals surface area contributed by atoms with E-state index in [9.17, 15) is 15.0 Å². The molecule has 0 unspecified atom stereocenters. The molecule has 7 rings (SSSR count). The summed E-state index contributed by atoms with van der Waals surface area (Å²) < 4.78 is 45.2. The van der Waals surface area contributed by atoms with Gasteiger partial charge in [-0.15, -0.1) is 0 Å². The third-order valence-electron chi connectivity index (χ3n) is 9.17. The summed E-state index contributed by atoms with van der Waals surface area (Å²) in [6, 6.07) is 15.3. The highest BCUT2D eigenvalue weighted by Crippen LogP contribution is 2.44. The molecule has 8 nitrogen and oxygen atoms in total. The number of aliphatic carboxylic acids is 1. The smallest absolute Gasteiger partial charge is 0.303 e. The van der Waals surface area contributed by atoms with Crippen LogP contribution in [0.15, 0.2) is 67.0 Å². The summed E-state index contributed by atoms with van der Waals surface area (Å²) in [7, 11) is 0. The minimum Gasteiger partial charge on any atom is -0.481 e. The number of benzene rings is 3. The summed E-state index contributed by atoms with van der Waals surface area (Å²) in [5, 5.41) is 20.7. The van der Waals surface area contributed by atoms with Crippen LogP contribution in [0.5, 0.6) is 11.5 Å². The van der Waals surface area contributed by atoms with Crippen LogP contribution in [0.3, 0.4) is 0 Å². The zero-order valence-corrected chi connectivity index (χ0v) is 24.8. The summed E-state index contributed by atoms with van der Waals surface area (Å²) in [6.07, 6.45) is 6.48. The summed E-state index contributed by atoms with van der Waals surface area (Å²) in [5.41, 5.74) is 2.77. The number of fused-ring (bicyclic) bond motifs is 1. The van der Waals surface area contributed by atoms with Crippen molar-refractivity contribution in [3.05, 3.63) is 101 Å². The molecule has 3 aromatic carbocycles. The maximum Gasteiger partial charge on any atom is 0.303 e. The Hall–Kier alpha value is -4.54. The van der Waals surface area contributed by atoms with E-state index in [4.69, 9.17) is 9.47 Å². The number of carboxylic acids is 1. The Morgan fingerprint density at radius 1 is 1.13 bits per heavy atom. The highest BCUT2D eigenvalue weighted by atomic mass is 19.1. The monoisotopic (exact) mass is 614 g/mol. The number of nitrogens with zero attached hydrogens (tertiary/aromatic N) is 1. The van der Waals surface area contributed by atoms with Crippen molar-refractivity contribution in [2.45, 2.75) is 63.2 Å². The fourth-order valence-electron chi connectivity index (χ4n) is 6.57. The van der Waals surface area contributed by atoms with Crippen LogP contribution < -0.4 is 9.30 Å². The first-order valence-electron chi connectivity index (χ1n) is 15.2. The summed E-state index contributed by atoms with van der Waals surface area (Å²) in [6.45, 7) is 1.90. The molecular weight excluding hydrogens is 580 g/mol. The van der Waals surface area contributed by atoms with Gasteiger partial charge in [-0.25, -0.2) is 18.3 Å². The number of carbonyl (C=O) groups is 1. The summed E-state index contributed by atoms with van der Waals surface area (Å²) in [5.74, 6) is -0.998. The van der Waals surface area contributed by atoms with Gasteiger partial charge < -0.3 is 24.7 Å². The number of aromatic amines is 2. The molecule has 2 aliphatic rings. The molecule has 0 spiro atoms. The largest absolute Gasteiger partial charge is 0.481 e. The number of aromatic nitrogens is 3. The van der Waals surface area contributed by atoms with Crippen molar-refractivity contribution in [3.63, 3.8) is 0 Å². The number of hydrogen-bond acceptors (Lipinski definition) is 4. The van der Waals surface area contributed by atoms with Crippen LogP contribution in [-0.4, -0.2) is 38.9 Å². The average Bonchev–Trinajstić information content (AvgIpc) is 3.74. The Morgan fingerprint density at radius 2 is 1.98 bits per heavy atom. The quantitative estimate of drug-likeness (QED) is 0.140. The Labute approximate surface area is 258 Å². The van der Waals surface area contributed by atoms with Crippen LogP contribution in [0.4, 0.5) is 8.78 Å². The van der Waals surface area contributed by atoms with Gasteiger partial charge in [0, 0.05) is 41.6 Å². The van der Waals surface area contributed by atoms with Gasteiger partial charge in [0.2, 0.25) is 0 Å². The van der Waals surface area contributed by atoms with E-state index in [-0.39, 0.29) is 42.6 Å². The number of carboxylic acid groups (broad SMARTS) is 1. The van der Waals surface area contributed by atoms with Crippen molar-refractivity contribution < 1.29 is 37.8 Å². The number of hydrogen-bond donors (Lipinski definition) is 4. The number of aryl methyl sites for hydroxylation is 2. The number of H-pyrrole nitrogens is 2. The second-order valence-corrected chi connectivity index (χ2v) is 12.1. The van der Waals surface area contributed by atoms with Crippen LogP contribution in [0, 0.1) is 18.6 Å². The van der Waals surface area contributed by atoms with E-state index < -0.39 is 29.3 Å². The molecular formula is C35H34F2N3O5+. The summed E-state index contributed by atoms with van der Waals surface area (Å²) >= 11 is 0. The Bertz CT molecular complexity index is 1910. The van der Waals surface area contributed by atoms with Gasteiger partial charge in [-0.05, 0) is 68.0 Å². The van der Waals surface area contributed by atoms with Gasteiger partial charge in [-0.1, -0.05) is 24.3 Å². The number of aliphatic hydroxyl groups is 1. The molecule has 2 fully saturated rings. The molecule has 5 aromatic rings. The lowest BCUT2D eigenvalue weighted by molar-refractivity contribution is -0.722. The lowest BCUT2D eigenvalue weighted by Gasteiger charge is -2.26. The molecule has 10 heteroatoms. The predicted molar refractivity (Wildman–Crippen MR) is 162 cm³/mol. The molecule has 0 radical (unpaired) electrons. The molecule has 0 bridgehead atoms. The number of aliphatic hydroxyl groups excluding tert-OH is 1. The van der Waals surface area contributed by atoms with Gasteiger partial charge in [0.15, 0.2) is 22.9 Å². The van der Waals surface area contributed by atoms with Crippen molar-refractivity contribution >= 4 is 16.9 Å². The van der Waals surface area contributed by atoms with Gasteiger partial charge in [-0.2, -0.15) is 0 Å². The molecule has 1 saturated carbocycles. The van der Waals surface area contributed by atoms with Gasteiger partial charge in [0.1, 0.15) is 29.4 Å². The molecule has 1 saturated heterocycles. The molecule has 1 aliphatic carbocycles. The van der Waals surface area contributed by atoms with Crippen LogP contribution in [0.1, 0.15) is 60.5 Å². The fraction of sp³-hybridized carbons (Fsp3) is 0.314. The van der Waals surface area contributed by atoms with Gasteiger partial charge in [0.25, 0.3) is 5.82 Å². The molecule has 0 amide bonds. The maximum absolute atomic E-state index is 15.7. The van der Waals surface area contributed by atoms with Crippen molar-refractivity contribution in [2.24, 2.45) is 0 Å². The minimum atomic E-state index is -1.06. The number of imidazole rings is 1. The van der Waals surface area contributed by atoms with Gasteiger partial charge in [-0.3, -0.25) is 4.79 Å². The minimum absolute atomic E-state index is 0.00553. The van der Waals surface area contributed by atoms with Crippen molar-refractivity contribution in [1.82, 2.24) is 9.97 Å². The normalized spacial score (nSPS) is 20.0. The Morgan fingerprint density at radius 3 is 2.71 bits per heavy atom. The number of nitrogens with one attached hydrogen (secondary N) is 2. The van der Waals surface area contributed by atoms with E-state index in [1.807, 2.05) is 41.1 Å². The van der Waals surface area contributed by atoms with Crippen molar-refractivity contribution in [3.8, 4) is 22.9 Å². The van der Waals surface area contributed by atoms with E-state index in [2.05, 4.69) is 9.97 Å². The Kier molecular flexibility index (Phi) is 7.41. The van der Waals surface area contributed by atoms with E-state index in [0.29, 0.717) is 29.0 Å². The molecule has 1 aliphatic heterocycles. The molecule has 45 heavy (non-hydrogen) atoms. The molecule has 2 atom stereocenters. The molecule has 4 N–H and O–H groups in total. The number of rotatable bonds is 9. The maximum atomic E-state index is 15.7. The first-order chi connectivity index (χ1) is 21.7. The Balaban J connectivity index is 1.31. The van der Waals surface area contributed by atoms with Crippen LogP contribution in [0.2, 0.25) is 0 Å². The lowest BCUT2D eigenvalue weighted by atomic mass is 9.86. The van der Waals surface area contributed by atoms with Crippen molar-refractivity contribution in [1.29, 1.82) is 0 Å².